The topological polar surface area (TPSA) is 80.6 Å². The molecular weight excluding hydrogens is 388 g/mol. The zero-order chi connectivity index (χ0) is 16.7. The minimum atomic E-state index is -2.66. The summed E-state index contributed by atoms with van der Waals surface area (Å²) in [6.45, 7) is 2.24. The molecule has 0 atom stereocenters. The maximum Gasteiger partial charge on any atom is 1.00 e. The average molecular weight is 423 g/mol. The number of carboxylic acids is 1. The quantitative estimate of drug-likeness (QED) is 0.227. The molecule has 0 saturated heterocycles. The van der Waals surface area contributed by atoms with E-state index in [0.29, 0.717) is 6.42 Å². The summed E-state index contributed by atoms with van der Waals surface area (Å²) in [4.78, 5) is 10.4. The monoisotopic (exact) mass is 422 g/mol. The molecule has 5 heteroatoms. The Bertz CT molecular complexity index is 270. The van der Waals surface area contributed by atoms with Gasteiger partial charge in [0.1, 0.15) is 5.97 Å². The van der Waals surface area contributed by atoms with Crippen LogP contribution in [0.2, 0.25) is 0 Å². The largest absolute Gasteiger partial charge is 1.00 e. The van der Waals surface area contributed by atoms with Gasteiger partial charge in [-0.2, -0.15) is 0 Å². The van der Waals surface area contributed by atoms with Crippen LogP contribution >= 0.6 is 0 Å². The van der Waals surface area contributed by atoms with E-state index in [1.165, 1.54) is 64.2 Å². The third-order valence-corrected chi connectivity index (χ3v) is 4.21. The van der Waals surface area contributed by atoms with Crippen LogP contribution in [-0.2, 0) is 27.2 Å². The Labute approximate surface area is 157 Å². The van der Waals surface area contributed by atoms with Crippen molar-refractivity contribution >= 4 is 5.97 Å². The van der Waals surface area contributed by atoms with Gasteiger partial charge in [0.05, 0.1) is 0 Å². The van der Waals surface area contributed by atoms with E-state index in [1.54, 1.807) is 0 Å². The summed E-state index contributed by atoms with van der Waals surface area (Å²) in [7, 11) is 0. The van der Waals surface area contributed by atoms with E-state index in [-0.39, 0.29) is 28.8 Å². The summed E-state index contributed by atoms with van der Waals surface area (Å²) in [5, 5.41) is 28.5. The van der Waals surface area contributed by atoms with Gasteiger partial charge in [-0.15, -0.1) is 0 Å². The molecule has 0 aromatic heterocycles. The first-order chi connectivity index (χ1) is 10.5. The molecule has 2 N–H and O–H groups in total. The number of aliphatic carboxylic acids is 1. The SMILES string of the molecule is CCCCCCCCCCCCCCCCC(O)(O)C(=O)[O-].[Ag+]. The van der Waals surface area contributed by atoms with Gasteiger partial charge in [-0.05, 0) is 6.42 Å². The van der Waals surface area contributed by atoms with Crippen LogP contribution in [-0.4, -0.2) is 22.0 Å². The van der Waals surface area contributed by atoms with Crippen molar-refractivity contribution in [3.63, 3.8) is 0 Å². The Balaban J connectivity index is 0. The van der Waals surface area contributed by atoms with Crippen molar-refractivity contribution in [2.24, 2.45) is 0 Å². The Morgan fingerprint density at radius 1 is 0.739 bits per heavy atom. The molecule has 0 heterocycles. The molecule has 0 aliphatic heterocycles. The fourth-order valence-corrected chi connectivity index (χ4v) is 2.67. The first-order valence-corrected chi connectivity index (χ1v) is 9.17. The van der Waals surface area contributed by atoms with Gasteiger partial charge in [-0.25, -0.2) is 0 Å². The molecule has 0 aliphatic carbocycles. The van der Waals surface area contributed by atoms with Gasteiger partial charge in [0.2, 0.25) is 5.79 Å². The Kier molecular flexibility index (Phi) is 18.7. The van der Waals surface area contributed by atoms with Crippen LogP contribution in [0.15, 0.2) is 0 Å². The molecule has 0 radical (unpaired) electrons. The number of carbonyl (C=O) groups excluding carboxylic acids is 1. The molecule has 23 heavy (non-hydrogen) atoms. The van der Waals surface area contributed by atoms with Crippen molar-refractivity contribution < 1.29 is 42.5 Å². The normalized spacial score (nSPS) is 11.3. The summed E-state index contributed by atoms with van der Waals surface area (Å²) in [5.74, 6) is -4.46. The van der Waals surface area contributed by atoms with Gasteiger partial charge in [0.15, 0.2) is 0 Å². The number of carboxylic acid groups (broad SMARTS) is 1. The minimum Gasteiger partial charge on any atom is -0.544 e. The van der Waals surface area contributed by atoms with Crippen LogP contribution in [0.25, 0.3) is 0 Å². The van der Waals surface area contributed by atoms with Crippen molar-refractivity contribution in [2.45, 2.75) is 109 Å². The number of hydrogen-bond acceptors (Lipinski definition) is 4. The van der Waals surface area contributed by atoms with Gasteiger partial charge in [0, 0.05) is 6.42 Å². The van der Waals surface area contributed by atoms with Gasteiger partial charge in [0.25, 0.3) is 0 Å². The predicted molar refractivity (Wildman–Crippen MR) is 87.1 cm³/mol. The summed E-state index contributed by atoms with van der Waals surface area (Å²) in [6.07, 6.45) is 16.7. The maximum atomic E-state index is 10.4. The second-order valence-corrected chi connectivity index (χ2v) is 6.45. The molecular formula is C18H35AgO4. The second kappa shape index (κ2) is 17.0. The average Bonchev–Trinajstić information content (AvgIpc) is 2.47. The molecule has 0 fully saturated rings. The van der Waals surface area contributed by atoms with Gasteiger partial charge >= 0.3 is 22.4 Å². The van der Waals surface area contributed by atoms with Crippen molar-refractivity contribution in [1.82, 2.24) is 0 Å². The zero-order valence-electron chi connectivity index (χ0n) is 14.6. The van der Waals surface area contributed by atoms with E-state index in [2.05, 4.69) is 6.92 Å². The zero-order valence-corrected chi connectivity index (χ0v) is 16.1. The summed E-state index contributed by atoms with van der Waals surface area (Å²) >= 11 is 0. The molecule has 0 aromatic rings. The van der Waals surface area contributed by atoms with Crippen molar-refractivity contribution in [3.05, 3.63) is 0 Å². The van der Waals surface area contributed by atoms with Crippen LogP contribution in [0.1, 0.15) is 103 Å². The van der Waals surface area contributed by atoms with Gasteiger partial charge in [-0.1, -0.05) is 90.4 Å². The van der Waals surface area contributed by atoms with Gasteiger partial charge in [-0.3, -0.25) is 0 Å². The smallest absolute Gasteiger partial charge is 0.544 e. The van der Waals surface area contributed by atoms with Crippen LogP contribution in [0.4, 0.5) is 0 Å². The molecule has 0 aromatic carbocycles. The molecule has 4 nitrogen and oxygen atoms in total. The molecule has 0 saturated carbocycles. The van der Waals surface area contributed by atoms with E-state index >= 15 is 0 Å². The molecule has 0 aliphatic rings. The molecule has 0 unspecified atom stereocenters. The number of aliphatic hydroxyl groups is 2. The number of rotatable bonds is 16. The Hall–Kier alpha value is 0.130. The minimum absolute atomic E-state index is 0. The molecule has 0 spiro atoms. The summed E-state index contributed by atoms with van der Waals surface area (Å²) in [6, 6.07) is 0. The van der Waals surface area contributed by atoms with Gasteiger partial charge < -0.3 is 20.1 Å². The first kappa shape index (κ1) is 25.4. The third-order valence-electron chi connectivity index (χ3n) is 4.21. The van der Waals surface area contributed by atoms with Crippen LogP contribution < -0.4 is 5.11 Å². The first-order valence-electron chi connectivity index (χ1n) is 9.17. The molecule has 142 valence electrons. The Morgan fingerprint density at radius 2 is 1.04 bits per heavy atom. The summed E-state index contributed by atoms with van der Waals surface area (Å²) < 4.78 is 0. The van der Waals surface area contributed by atoms with E-state index < -0.39 is 11.8 Å². The van der Waals surface area contributed by atoms with E-state index in [0.717, 1.165) is 19.3 Å². The Morgan fingerprint density at radius 3 is 1.35 bits per heavy atom. The third kappa shape index (κ3) is 16.8. The fourth-order valence-electron chi connectivity index (χ4n) is 2.67. The number of carbonyl (C=O) groups is 1. The number of unbranched alkanes of at least 4 members (excludes halogenated alkanes) is 13. The standard InChI is InChI=1S/C18H36O4.Ag/c1-2-3-4-5-6-7-8-9-10-11-12-13-14-15-16-18(21,22)17(19)20;/h21-22H,2-16H2,1H3,(H,19,20);/q;+1/p-1. The maximum absolute atomic E-state index is 10.4. The molecule has 0 rings (SSSR count). The molecule has 0 bridgehead atoms. The van der Waals surface area contributed by atoms with E-state index in [1.807, 2.05) is 0 Å². The second-order valence-electron chi connectivity index (χ2n) is 6.45. The molecule has 0 amide bonds. The van der Waals surface area contributed by atoms with E-state index in [9.17, 15) is 9.90 Å². The summed E-state index contributed by atoms with van der Waals surface area (Å²) in [5.41, 5.74) is 0. The van der Waals surface area contributed by atoms with Crippen LogP contribution in [0.3, 0.4) is 0 Å². The van der Waals surface area contributed by atoms with E-state index in [4.69, 9.17) is 10.2 Å². The fraction of sp³-hybridized carbons (Fsp3) is 0.944. The van der Waals surface area contributed by atoms with Crippen molar-refractivity contribution in [2.75, 3.05) is 0 Å². The predicted octanol–water partition coefficient (Wildman–Crippen LogP) is 3.29. The van der Waals surface area contributed by atoms with Crippen molar-refractivity contribution in [3.8, 4) is 0 Å². The van der Waals surface area contributed by atoms with Crippen molar-refractivity contribution in [1.29, 1.82) is 0 Å². The van der Waals surface area contributed by atoms with Crippen LogP contribution in [0.5, 0.6) is 0 Å². The van der Waals surface area contributed by atoms with Crippen LogP contribution in [0, 0.1) is 0 Å². The number of hydrogen-bond donors (Lipinski definition) is 2.